The molecule has 0 amide bonds. The first kappa shape index (κ1) is 16.2. The molecule has 1 aliphatic rings. The molecule has 2 rings (SSSR count). The average Bonchev–Trinajstić information content (AvgIpc) is 3.28. The van der Waals surface area contributed by atoms with E-state index >= 15 is 0 Å². The van der Waals surface area contributed by atoms with Crippen LogP contribution in [0, 0.1) is 18.3 Å². The molecule has 0 bridgehead atoms. The van der Waals surface area contributed by atoms with Crippen LogP contribution in [0.1, 0.15) is 44.7 Å². The Hall–Kier alpha value is -1.17. The molecule has 0 heterocycles. The van der Waals surface area contributed by atoms with Crippen molar-refractivity contribution in [2.45, 2.75) is 39.2 Å². The van der Waals surface area contributed by atoms with Crippen LogP contribution in [0.25, 0.3) is 0 Å². The number of hydrogen-bond donors (Lipinski definition) is 1. The Kier molecular flexibility index (Phi) is 5.96. The van der Waals surface area contributed by atoms with Gasteiger partial charge in [-0.3, -0.25) is 0 Å². The molecule has 2 nitrogen and oxygen atoms in total. The van der Waals surface area contributed by atoms with Crippen molar-refractivity contribution in [3.8, 4) is 12.3 Å². The van der Waals surface area contributed by atoms with E-state index < -0.39 is 0 Å². The maximum Gasteiger partial charge on any atom is 0.0792 e. The van der Waals surface area contributed by atoms with E-state index in [2.05, 4.69) is 48.2 Å². The van der Waals surface area contributed by atoms with Crippen molar-refractivity contribution in [1.29, 1.82) is 0 Å². The van der Waals surface area contributed by atoms with E-state index in [1.807, 2.05) is 0 Å². The van der Waals surface area contributed by atoms with Gasteiger partial charge in [0, 0.05) is 12.6 Å². The summed E-state index contributed by atoms with van der Waals surface area (Å²) >= 11 is 6.50. The number of benzene rings is 1. The molecule has 1 saturated carbocycles. The molecule has 0 saturated heterocycles. The number of nitrogens with one attached hydrogen (secondary N) is 1. The smallest absolute Gasteiger partial charge is 0.0792 e. The van der Waals surface area contributed by atoms with Crippen LogP contribution in [0.3, 0.4) is 0 Å². The standard InChI is InChI=1S/C18H25ClN2/c1-4-10-20-14(3)16-8-9-18(17(19)12-16)21(11-5-2)13-15-6-7-15/h2,8-9,12,14-15,20H,4,6-7,10-11,13H2,1,3H3. The van der Waals surface area contributed by atoms with Crippen molar-refractivity contribution in [2.75, 3.05) is 24.5 Å². The third-order valence-electron chi connectivity index (χ3n) is 3.97. The molecule has 1 atom stereocenters. The molecule has 0 radical (unpaired) electrons. The van der Waals surface area contributed by atoms with E-state index in [1.54, 1.807) is 0 Å². The van der Waals surface area contributed by atoms with Crippen molar-refractivity contribution in [3.63, 3.8) is 0 Å². The molecule has 0 spiro atoms. The van der Waals surface area contributed by atoms with Gasteiger partial charge >= 0.3 is 0 Å². The summed E-state index contributed by atoms with van der Waals surface area (Å²) in [6.07, 6.45) is 9.26. The van der Waals surface area contributed by atoms with E-state index in [1.165, 1.54) is 18.4 Å². The highest BCUT2D eigenvalue weighted by Crippen LogP contribution is 2.34. The Morgan fingerprint density at radius 3 is 2.81 bits per heavy atom. The predicted molar refractivity (Wildman–Crippen MR) is 91.9 cm³/mol. The Labute approximate surface area is 133 Å². The van der Waals surface area contributed by atoms with Gasteiger partial charge in [-0.1, -0.05) is 30.5 Å². The Balaban J connectivity index is 2.10. The first-order valence-corrected chi connectivity index (χ1v) is 8.24. The average molecular weight is 305 g/mol. The van der Waals surface area contributed by atoms with Gasteiger partial charge in [-0.15, -0.1) is 6.42 Å². The van der Waals surface area contributed by atoms with Gasteiger partial charge in [0.05, 0.1) is 17.3 Å². The zero-order valence-electron chi connectivity index (χ0n) is 13.0. The van der Waals surface area contributed by atoms with E-state index in [9.17, 15) is 0 Å². The van der Waals surface area contributed by atoms with Crippen LogP contribution in [-0.4, -0.2) is 19.6 Å². The Bertz CT molecular complexity index is 502. The Morgan fingerprint density at radius 1 is 1.48 bits per heavy atom. The van der Waals surface area contributed by atoms with Gasteiger partial charge in [0.1, 0.15) is 0 Å². The summed E-state index contributed by atoms with van der Waals surface area (Å²) in [5, 5.41) is 4.29. The summed E-state index contributed by atoms with van der Waals surface area (Å²) in [5.41, 5.74) is 2.29. The van der Waals surface area contributed by atoms with Gasteiger partial charge in [0.2, 0.25) is 0 Å². The van der Waals surface area contributed by atoms with E-state index in [-0.39, 0.29) is 0 Å². The minimum Gasteiger partial charge on any atom is -0.359 e. The third-order valence-corrected chi connectivity index (χ3v) is 4.27. The molecular weight excluding hydrogens is 280 g/mol. The molecule has 0 aromatic heterocycles. The fourth-order valence-electron chi connectivity index (χ4n) is 2.50. The number of halogens is 1. The molecule has 3 heteroatoms. The van der Waals surface area contributed by atoms with Crippen LogP contribution in [0.15, 0.2) is 18.2 Å². The molecule has 114 valence electrons. The zero-order valence-corrected chi connectivity index (χ0v) is 13.8. The summed E-state index contributed by atoms with van der Waals surface area (Å²) in [4.78, 5) is 2.23. The van der Waals surface area contributed by atoms with E-state index in [0.717, 1.165) is 36.1 Å². The number of hydrogen-bond acceptors (Lipinski definition) is 2. The summed E-state index contributed by atoms with van der Waals surface area (Å²) in [6, 6.07) is 6.66. The van der Waals surface area contributed by atoms with Crippen molar-refractivity contribution in [2.24, 2.45) is 5.92 Å². The summed E-state index contributed by atoms with van der Waals surface area (Å²) in [6.45, 7) is 7.01. The number of anilines is 1. The van der Waals surface area contributed by atoms with Gasteiger partial charge in [-0.2, -0.15) is 0 Å². The van der Waals surface area contributed by atoms with Crippen molar-refractivity contribution in [1.82, 2.24) is 5.32 Å². The molecule has 1 aromatic carbocycles. The van der Waals surface area contributed by atoms with Gasteiger partial charge in [0.15, 0.2) is 0 Å². The molecule has 0 aliphatic heterocycles. The number of terminal acetylenes is 1. The van der Waals surface area contributed by atoms with Gasteiger partial charge in [-0.05, 0) is 56.3 Å². The molecule has 1 N–H and O–H groups in total. The van der Waals surface area contributed by atoms with E-state index in [4.69, 9.17) is 18.0 Å². The molecule has 1 aliphatic carbocycles. The fraction of sp³-hybridized carbons (Fsp3) is 0.556. The molecule has 1 fully saturated rings. The lowest BCUT2D eigenvalue weighted by atomic mass is 10.1. The number of rotatable bonds is 8. The lowest BCUT2D eigenvalue weighted by Gasteiger charge is -2.24. The second kappa shape index (κ2) is 7.73. The van der Waals surface area contributed by atoms with Crippen LogP contribution in [0.5, 0.6) is 0 Å². The van der Waals surface area contributed by atoms with Crippen LogP contribution >= 0.6 is 11.6 Å². The minimum absolute atomic E-state index is 0.320. The third kappa shape index (κ3) is 4.66. The zero-order chi connectivity index (χ0) is 15.2. The molecule has 21 heavy (non-hydrogen) atoms. The Morgan fingerprint density at radius 2 is 2.24 bits per heavy atom. The first-order chi connectivity index (χ1) is 10.2. The lowest BCUT2D eigenvalue weighted by Crippen LogP contribution is -2.26. The molecule has 1 aromatic rings. The van der Waals surface area contributed by atoms with Crippen molar-refractivity contribution >= 4 is 17.3 Å². The maximum atomic E-state index is 6.50. The maximum absolute atomic E-state index is 6.50. The van der Waals surface area contributed by atoms with Crippen molar-refractivity contribution < 1.29 is 0 Å². The summed E-state index contributed by atoms with van der Waals surface area (Å²) in [7, 11) is 0. The number of nitrogens with zero attached hydrogens (tertiary/aromatic N) is 1. The molecule has 1 unspecified atom stereocenters. The highest BCUT2D eigenvalue weighted by molar-refractivity contribution is 6.33. The van der Waals surface area contributed by atoms with Crippen molar-refractivity contribution in [3.05, 3.63) is 28.8 Å². The van der Waals surface area contributed by atoms with Crippen LogP contribution in [0.2, 0.25) is 5.02 Å². The van der Waals surface area contributed by atoms with Gasteiger partial charge in [0.25, 0.3) is 0 Å². The fourth-order valence-corrected chi connectivity index (χ4v) is 2.81. The highest BCUT2D eigenvalue weighted by atomic mass is 35.5. The lowest BCUT2D eigenvalue weighted by molar-refractivity contribution is 0.570. The SMILES string of the molecule is C#CCN(CC1CC1)c1ccc(C(C)NCCC)cc1Cl. The second-order valence-electron chi connectivity index (χ2n) is 5.91. The quantitative estimate of drug-likeness (QED) is 0.722. The van der Waals surface area contributed by atoms with Crippen LogP contribution in [-0.2, 0) is 0 Å². The summed E-state index contributed by atoms with van der Waals surface area (Å²) < 4.78 is 0. The normalized spacial score (nSPS) is 15.5. The first-order valence-electron chi connectivity index (χ1n) is 7.87. The van der Waals surface area contributed by atoms with Gasteiger partial charge < -0.3 is 10.2 Å². The monoisotopic (exact) mass is 304 g/mol. The van der Waals surface area contributed by atoms with Crippen LogP contribution in [0.4, 0.5) is 5.69 Å². The van der Waals surface area contributed by atoms with E-state index in [0.29, 0.717) is 12.6 Å². The largest absolute Gasteiger partial charge is 0.359 e. The minimum atomic E-state index is 0.320. The highest BCUT2D eigenvalue weighted by Gasteiger charge is 2.25. The second-order valence-corrected chi connectivity index (χ2v) is 6.32. The van der Waals surface area contributed by atoms with Crippen LogP contribution < -0.4 is 10.2 Å². The van der Waals surface area contributed by atoms with Gasteiger partial charge in [-0.25, -0.2) is 0 Å². The molecular formula is C18H25ClN2. The predicted octanol–water partition coefficient (Wildman–Crippen LogP) is 4.25. The topological polar surface area (TPSA) is 15.3 Å². The summed E-state index contributed by atoms with van der Waals surface area (Å²) in [5.74, 6) is 3.54.